The zero-order chi connectivity index (χ0) is 14.8. The van der Waals surface area contributed by atoms with Gasteiger partial charge in [0.2, 0.25) is 0 Å². The lowest BCUT2D eigenvalue weighted by atomic mass is 10.0. The van der Waals surface area contributed by atoms with E-state index in [4.69, 9.17) is 4.74 Å². The van der Waals surface area contributed by atoms with Crippen molar-refractivity contribution in [2.45, 2.75) is 45.3 Å². The Bertz CT molecular complexity index is 325. The molecule has 0 aromatic heterocycles. The van der Waals surface area contributed by atoms with E-state index in [9.17, 15) is 4.79 Å². The Hall–Kier alpha value is -0.810. The van der Waals surface area contributed by atoms with Gasteiger partial charge in [0.25, 0.3) is 0 Å². The summed E-state index contributed by atoms with van der Waals surface area (Å²) in [5, 5.41) is 0. The molecule has 2 heterocycles. The van der Waals surface area contributed by atoms with Gasteiger partial charge in [-0.15, -0.1) is 0 Å². The van der Waals surface area contributed by atoms with Gasteiger partial charge in [0.15, 0.2) is 0 Å². The topological polar surface area (TPSA) is 36.0 Å². The van der Waals surface area contributed by atoms with Crippen LogP contribution in [-0.4, -0.2) is 71.7 Å². The summed E-state index contributed by atoms with van der Waals surface area (Å²) in [5.74, 6) is 0. The smallest absolute Gasteiger partial charge is 0.410 e. The number of likely N-dealkylation sites (tertiary alicyclic amines) is 1. The zero-order valence-corrected chi connectivity index (χ0v) is 13.1. The SMILES string of the molecule is [CH2-]N1CCC(N2CCN(C(=O)OC(C)(C)C)CC2)CC1. The highest BCUT2D eigenvalue weighted by Gasteiger charge is 2.29. The van der Waals surface area contributed by atoms with Crippen LogP contribution in [0.4, 0.5) is 4.79 Å². The quantitative estimate of drug-likeness (QED) is 0.687. The van der Waals surface area contributed by atoms with Crippen LogP contribution in [0.3, 0.4) is 0 Å². The van der Waals surface area contributed by atoms with E-state index < -0.39 is 5.60 Å². The molecule has 1 amide bonds. The second-order valence-corrected chi connectivity index (χ2v) is 6.85. The Morgan fingerprint density at radius 3 is 2.10 bits per heavy atom. The average Bonchev–Trinajstić information content (AvgIpc) is 2.38. The predicted molar refractivity (Wildman–Crippen MR) is 79.3 cm³/mol. The minimum atomic E-state index is -0.408. The van der Waals surface area contributed by atoms with Gasteiger partial charge in [-0.05, 0) is 46.7 Å². The van der Waals surface area contributed by atoms with Crippen LogP contribution >= 0.6 is 0 Å². The number of carbonyl (C=O) groups excluding carboxylic acids is 1. The van der Waals surface area contributed by atoms with Crippen LogP contribution in [0, 0.1) is 7.05 Å². The highest BCUT2D eigenvalue weighted by atomic mass is 16.6. The molecule has 0 aliphatic carbocycles. The van der Waals surface area contributed by atoms with Gasteiger partial charge in [-0.1, -0.05) is 0 Å². The molecule has 5 heteroatoms. The van der Waals surface area contributed by atoms with Crippen molar-refractivity contribution in [3.63, 3.8) is 0 Å². The van der Waals surface area contributed by atoms with Crippen LogP contribution in [0.2, 0.25) is 0 Å². The first-order chi connectivity index (χ1) is 9.35. The third-order valence-electron chi connectivity index (χ3n) is 4.04. The molecule has 0 N–H and O–H groups in total. The number of carbonyl (C=O) groups is 1. The molecular formula is C15H28N3O2-. The van der Waals surface area contributed by atoms with Gasteiger partial charge in [-0.25, -0.2) is 4.79 Å². The minimum absolute atomic E-state index is 0.176. The van der Waals surface area contributed by atoms with Crippen LogP contribution in [0.25, 0.3) is 0 Å². The van der Waals surface area contributed by atoms with Crippen molar-refractivity contribution in [2.75, 3.05) is 39.3 Å². The first-order valence-corrected chi connectivity index (χ1v) is 7.62. The maximum absolute atomic E-state index is 12.0. The summed E-state index contributed by atoms with van der Waals surface area (Å²) >= 11 is 0. The molecule has 2 saturated heterocycles. The molecule has 2 fully saturated rings. The maximum Gasteiger partial charge on any atom is 0.410 e. The van der Waals surface area contributed by atoms with Crippen LogP contribution in [0.15, 0.2) is 0 Å². The fourth-order valence-corrected chi connectivity index (χ4v) is 2.88. The number of nitrogens with zero attached hydrogens (tertiary/aromatic N) is 3. The van der Waals surface area contributed by atoms with E-state index in [1.807, 2.05) is 25.7 Å². The van der Waals surface area contributed by atoms with E-state index >= 15 is 0 Å². The Morgan fingerprint density at radius 1 is 1.05 bits per heavy atom. The highest BCUT2D eigenvalue weighted by molar-refractivity contribution is 5.68. The lowest BCUT2D eigenvalue weighted by Gasteiger charge is -2.43. The number of hydrogen-bond acceptors (Lipinski definition) is 4. The van der Waals surface area contributed by atoms with E-state index in [1.165, 1.54) is 12.8 Å². The van der Waals surface area contributed by atoms with E-state index in [0.29, 0.717) is 6.04 Å². The van der Waals surface area contributed by atoms with Gasteiger partial charge in [-0.2, -0.15) is 0 Å². The molecule has 0 radical (unpaired) electrons. The molecule has 0 aromatic rings. The Labute approximate surface area is 122 Å². The van der Waals surface area contributed by atoms with Gasteiger partial charge >= 0.3 is 6.09 Å². The summed E-state index contributed by atoms with van der Waals surface area (Å²) in [6.07, 6.45) is 2.20. The van der Waals surface area contributed by atoms with Gasteiger partial charge in [0.1, 0.15) is 5.60 Å². The summed E-state index contributed by atoms with van der Waals surface area (Å²) in [7, 11) is 3.99. The van der Waals surface area contributed by atoms with Crippen molar-refractivity contribution in [2.24, 2.45) is 0 Å². The number of piperazine rings is 1. The molecule has 5 nitrogen and oxygen atoms in total. The number of rotatable bonds is 1. The average molecular weight is 282 g/mol. The molecule has 0 unspecified atom stereocenters. The van der Waals surface area contributed by atoms with Crippen LogP contribution in [0.1, 0.15) is 33.6 Å². The normalized spacial score (nSPS) is 23.9. The van der Waals surface area contributed by atoms with Gasteiger partial charge in [-0.3, -0.25) is 11.9 Å². The molecule has 20 heavy (non-hydrogen) atoms. The van der Waals surface area contributed by atoms with Crippen molar-refractivity contribution in [3.05, 3.63) is 7.05 Å². The molecule has 2 rings (SSSR count). The fraction of sp³-hybridized carbons (Fsp3) is 0.867. The van der Waals surface area contributed by atoms with E-state index in [1.54, 1.807) is 0 Å². The van der Waals surface area contributed by atoms with Gasteiger partial charge in [0.05, 0.1) is 0 Å². The van der Waals surface area contributed by atoms with Gasteiger partial charge in [0, 0.05) is 32.2 Å². The highest BCUT2D eigenvalue weighted by Crippen LogP contribution is 2.18. The lowest BCUT2D eigenvalue weighted by Crippen LogP contribution is -2.54. The standard InChI is InChI=1S/C15H28N3O2/c1-15(2,3)20-14(19)18-11-9-17(10-12-18)13-5-7-16(4)8-6-13/h13H,4-12H2,1-3H3/q-1. The molecule has 0 atom stereocenters. The van der Waals surface area contributed by atoms with Crippen LogP contribution in [-0.2, 0) is 4.74 Å². The molecule has 0 aromatic carbocycles. The second kappa shape index (κ2) is 6.31. The Balaban J connectivity index is 1.76. The van der Waals surface area contributed by atoms with Crippen molar-refractivity contribution in [1.82, 2.24) is 14.7 Å². The third kappa shape index (κ3) is 4.35. The monoisotopic (exact) mass is 282 g/mol. The summed E-state index contributed by atoms with van der Waals surface area (Å²) in [6, 6.07) is 0.661. The largest absolute Gasteiger partial charge is 0.459 e. The predicted octanol–water partition coefficient (Wildman–Crippen LogP) is 1.80. The van der Waals surface area contributed by atoms with E-state index in [-0.39, 0.29) is 6.09 Å². The first kappa shape index (κ1) is 15.6. The number of amides is 1. The first-order valence-electron chi connectivity index (χ1n) is 7.62. The molecular weight excluding hydrogens is 254 g/mol. The summed E-state index contributed by atoms with van der Waals surface area (Å²) in [4.78, 5) is 18.5. The van der Waals surface area contributed by atoms with E-state index in [2.05, 4.69) is 16.8 Å². The number of piperidine rings is 1. The summed E-state index contributed by atoms with van der Waals surface area (Å²) in [6.45, 7) is 11.4. The molecule has 0 bridgehead atoms. The molecule has 0 spiro atoms. The summed E-state index contributed by atoms with van der Waals surface area (Å²) < 4.78 is 5.43. The molecule has 2 aliphatic heterocycles. The third-order valence-corrected chi connectivity index (χ3v) is 4.04. The summed E-state index contributed by atoms with van der Waals surface area (Å²) in [5.41, 5.74) is -0.408. The second-order valence-electron chi connectivity index (χ2n) is 6.85. The van der Waals surface area contributed by atoms with Crippen molar-refractivity contribution in [3.8, 4) is 0 Å². The maximum atomic E-state index is 12.0. The lowest BCUT2D eigenvalue weighted by molar-refractivity contribution is 0.00688. The molecule has 116 valence electrons. The van der Waals surface area contributed by atoms with Crippen molar-refractivity contribution < 1.29 is 9.53 Å². The van der Waals surface area contributed by atoms with Crippen LogP contribution in [0.5, 0.6) is 0 Å². The Morgan fingerprint density at radius 2 is 1.60 bits per heavy atom. The minimum Gasteiger partial charge on any atom is -0.459 e. The van der Waals surface area contributed by atoms with Crippen molar-refractivity contribution in [1.29, 1.82) is 0 Å². The number of hydrogen-bond donors (Lipinski definition) is 0. The molecule has 2 aliphatic rings. The zero-order valence-electron chi connectivity index (χ0n) is 13.1. The Kier molecular flexibility index (Phi) is 4.91. The van der Waals surface area contributed by atoms with Gasteiger partial charge < -0.3 is 14.5 Å². The number of ether oxygens (including phenoxy) is 1. The van der Waals surface area contributed by atoms with E-state index in [0.717, 1.165) is 39.3 Å². The van der Waals surface area contributed by atoms with Crippen molar-refractivity contribution >= 4 is 6.09 Å². The fourth-order valence-electron chi connectivity index (χ4n) is 2.88. The van der Waals surface area contributed by atoms with Crippen LogP contribution < -0.4 is 0 Å². The molecule has 0 saturated carbocycles.